The summed E-state index contributed by atoms with van der Waals surface area (Å²) >= 11 is 0. The molecule has 0 spiro atoms. The van der Waals surface area contributed by atoms with Crippen molar-refractivity contribution in [3.63, 3.8) is 0 Å². The highest BCUT2D eigenvalue weighted by atomic mass is 32.2. The van der Waals surface area contributed by atoms with E-state index in [0.29, 0.717) is 6.04 Å². The molecule has 0 heterocycles. The van der Waals surface area contributed by atoms with Gasteiger partial charge in [-0.15, -0.1) is 0 Å². The smallest absolute Gasteiger partial charge is 0.0357 e. The van der Waals surface area contributed by atoms with Crippen LogP contribution in [0, 0.1) is 12.8 Å². The van der Waals surface area contributed by atoms with Crippen molar-refractivity contribution in [1.82, 2.24) is 5.32 Å². The average molecular weight is 251 g/mol. The van der Waals surface area contributed by atoms with Crippen LogP contribution in [-0.2, 0) is 10.8 Å². The molecule has 1 aromatic carbocycles. The maximum atomic E-state index is 11.1. The largest absolute Gasteiger partial charge is 0.309 e. The van der Waals surface area contributed by atoms with Gasteiger partial charge in [-0.3, -0.25) is 4.21 Å². The van der Waals surface area contributed by atoms with Crippen LogP contribution in [0.4, 0.5) is 0 Å². The zero-order chi connectivity index (χ0) is 12.3. The predicted octanol–water partition coefficient (Wildman–Crippen LogP) is 2.41. The second-order valence-electron chi connectivity index (χ2n) is 4.96. The summed E-state index contributed by atoms with van der Waals surface area (Å²) in [6, 6.07) is 9.23. The first kappa shape index (κ1) is 12.8. The van der Waals surface area contributed by atoms with Gasteiger partial charge in [-0.05, 0) is 31.2 Å². The fraction of sp³-hybridized carbons (Fsp3) is 0.571. The Kier molecular flexibility index (Phi) is 4.35. The summed E-state index contributed by atoms with van der Waals surface area (Å²) in [5.74, 6) is 1.53. The number of hydrogen-bond acceptors (Lipinski definition) is 2. The van der Waals surface area contributed by atoms with E-state index >= 15 is 0 Å². The van der Waals surface area contributed by atoms with Crippen molar-refractivity contribution in [3.05, 3.63) is 35.4 Å². The summed E-state index contributed by atoms with van der Waals surface area (Å²) in [6.07, 6.45) is 4.40. The molecule has 2 unspecified atom stereocenters. The Hall–Kier alpha value is -0.670. The molecule has 0 aromatic heterocycles. The summed E-state index contributed by atoms with van der Waals surface area (Å²) in [4.78, 5) is 0. The molecule has 17 heavy (non-hydrogen) atoms. The van der Waals surface area contributed by atoms with Crippen LogP contribution < -0.4 is 5.32 Å². The number of rotatable bonds is 6. The number of hydrogen-bond donors (Lipinski definition) is 1. The van der Waals surface area contributed by atoms with Crippen LogP contribution in [0.25, 0.3) is 0 Å². The third-order valence-electron chi connectivity index (χ3n) is 3.28. The summed E-state index contributed by atoms with van der Waals surface area (Å²) in [7, 11) is -0.697. The molecule has 0 amide bonds. The van der Waals surface area contributed by atoms with E-state index in [1.165, 1.54) is 24.0 Å². The van der Waals surface area contributed by atoms with E-state index in [9.17, 15) is 4.21 Å². The van der Waals surface area contributed by atoms with Crippen molar-refractivity contribution < 1.29 is 4.21 Å². The van der Waals surface area contributed by atoms with Crippen LogP contribution in [0.3, 0.4) is 0 Å². The molecule has 2 atom stereocenters. The Balaban J connectivity index is 1.97. The molecule has 1 aromatic rings. The van der Waals surface area contributed by atoms with E-state index < -0.39 is 10.8 Å². The molecule has 3 heteroatoms. The molecule has 1 fully saturated rings. The Bertz CT molecular complexity index is 384. The third-order valence-corrected chi connectivity index (χ3v) is 4.06. The molecule has 1 aliphatic carbocycles. The third kappa shape index (κ3) is 3.93. The lowest BCUT2D eigenvalue weighted by molar-refractivity contribution is 0.497. The summed E-state index contributed by atoms with van der Waals surface area (Å²) in [5.41, 5.74) is 2.68. The van der Waals surface area contributed by atoms with Gasteiger partial charge in [0.15, 0.2) is 0 Å². The van der Waals surface area contributed by atoms with Gasteiger partial charge in [0, 0.05) is 35.4 Å². The molecule has 1 aliphatic rings. The highest BCUT2D eigenvalue weighted by molar-refractivity contribution is 7.84. The predicted molar refractivity (Wildman–Crippen MR) is 73.6 cm³/mol. The van der Waals surface area contributed by atoms with E-state index in [4.69, 9.17) is 0 Å². The molecule has 0 saturated heterocycles. The average Bonchev–Trinajstić information content (AvgIpc) is 3.10. The van der Waals surface area contributed by atoms with Crippen molar-refractivity contribution >= 4 is 10.8 Å². The number of nitrogens with one attached hydrogen (secondary N) is 1. The Morgan fingerprint density at radius 3 is 2.53 bits per heavy atom. The van der Waals surface area contributed by atoms with Crippen LogP contribution in [0.2, 0.25) is 0 Å². The summed E-state index contributed by atoms with van der Waals surface area (Å²) in [6.45, 7) is 2.96. The van der Waals surface area contributed by atoms with Crippen molar-refractivity contribution in [3.8, 4) is 0 Å². The van der Waals surface area contributed by atoms with Gasteiger partial charge in [-0.1, -0.05) is 29.8 Å². The van der Waals surface area contributed by atoms with Crippen molar-refractivity contribution in [1.29, 1.82) is 0 Å². The lowest BCUT2D eigenvalue weighted by Gasteiger charge is -2.18. The molecular weight excluding hydrogens is 230 g/mol. The Labute approximate surface area is 106 Å². The van der Waals surface area contributed by atoms with E-state index in [1.54, 1.807) is 6.26 Å². The molecule has 1 saturated carbocycles. The summed E-state index contributed by atoms with van der Waals surface area (Å²) in [5, 5.41) is 3.56. The maximum absolute atomic E-state index is 11.1. The van der Waals surface area contributed by atoms with Gasteiger partial charge in [-0.2, -0.15) is 0 Å². The molecule has 94 valence electrons. The van der Waals surface area contributed by atoms with Gasteiger partial charge in [0.1, 0.15) is 0 Å². The fourth-order valence-corrected chi connectivity index (χ4v) is 2.52. The first-order valence-electron chi connectivity index (χ1n) is 6.27. The van der Waals surface area contributed by atoms with Gasteiger partial charge in [0.05, 0.1) is 0 Å². The summed E-state index contributed by atoms with van der Waals surface area (Å²) < 4.78 is 11.1. The molecule has 2 nitrogen and oxygen atoms in total. The molecule has 0 bridgehead atoms. The lowest BCUT2D eigenvalue weighted by atomic mass is 10.0. The molecule has 0 radical (unpaired) electrons. The lowest BCUT2D eigenvalue weighted by Crippen LogP contribution is -2.27. The first-order valence-corrected chi connectivity index (χ1v) is 7.99. The quantitative estimate of drug-likeness (QED) is 0.841. The van der Waals surface area contributed by atoms with Gasteiger partial charge < -0.3 is 5.32 Å². The fourth-order valence-electron chi connectivity index (χ4n) is 2.12. The van der Waals surface area contributed by atoms with Crippen molar-refractivity contribution in [2.75, 3.05) is 18.6 Å². The van der Waals surface area contributed by atoms with E-state index in [-0.39, 0.29) is 0 Å². The topological polar surface area (TPSA) is 29.1 Å². The van der Waals surface area contributed by atoms with E-state index in [0.717, 1.165) is 18.2 Å². The second-order valence-corrected chi connectivity index (χ2v) is 6.51. The molecular formula is C14H21NOS. The number of benzene rings is 1. The van der Waals surface area contributed by atoms with Crippen LogP contribution >= 0.6 is 0 Å². The molecule has 2 rings (SSSR count). The van der Waals surface area contributed by atoms with Crippen LogP contribution in [0.15, 0.2) is 24.3 Å². The van der Waals surface area contributed by atoms with E-state index in [2.05, 4.69) is 36.5 Å². The SMILES string of the molecule is Cc1ccc(C(NCCS(C)=O)C2CC2)cc1. The maximum Gasteiger partial charge on any atom is 0.0357 e. The zero-order valence-electron chi connectivity index (χ0n) is 10.6. The highest BCUT2D eigenvalue weighted by Crippen LogP contribution is 2.40. The van der Waals surface area contributed by atoms with Crippen LogP contribution in [-0.4, -0.2) is 22.8 Å². The minimum Gasteiger partial charge on any atom is -0.309 e. The van der Waals surface area contributed by atoms with Gasteiger partial charge in [-0.25, -0.2) is 0 Å². The normalized spacial score (nSPS) is 18.9. The van der Waals surface area contributed by atoms with E-state index in [1.807, 2.05) is 0 Å². The van der Waals surface area contributed by atoms with Gasteiger partial charge >= 0.3 is 0 Å². The Morgan fingerprint density at radius 1 is 1.35 bits per heavy atom. The second kappa shape index (κ2) is 5.78. The monoisotopic (exact) mass is 251 g/mol. The molecule has 0 aliphatic heterocycles. The van der Waals surface area contributed by atoms with Gasteiger partial charge in [0.2, 0.25) is 0 Å². The standard InChI is InChI=1S/C14H21NOS/c1-11-3-5-12(6-4-11)14(13-7-8-13)15-9-10-17(2)16/h3-6,13-15H,7-10H2,1-2H3. The van der Waals surface area contributed by atoms with Crippen molar-refractivity contribution in [2.24, 2.45) is 5.92 Å². The number of aryl methyl sites for hydroxylation is 1. The first-order chi connectivity index (χ1) is 8.16. The van der Waals surface area contributed by atoms with Crippen LogP contribution in [0.1, 0.15) is 30.0 Å². The minimum atomic E-state index is -0.697. The zero-order valence-corrected chi connectivity index (χ0v) is 11.4. The van der Waals surface area contributed by atoms with Crippen LogP contribution in [0.5, 0.6) is 0 Å². The van der Waals surface area contributed by atoms with Gasteiger partial charge in [0.25, 0.3) is 0 Å². The highest BCUT2D eigenvalue weighted by Gasteiger charge is 2.31. The molecule has 1 N–H and O–H groups in total. The van der Waals surface area contributed by atoms with Crippen molar-refractivity contribution in [2.45, 2.75) is 25.8 Å². The Morgan fingerprint density at radius 2 is 2.00 bits per heavy atom. The minimum absolute atomic E-state index is 0.458.